The largest absolute Gasteiger partial charge is 0.444 e. The van der Waals surface area contributed by atoms with Crippen molar-refractivity contribution in [3.8, 4) is 39.6 Å². The highest BCUT2D eigenvalue weighted by molar-refractivity contribution is 5.97. The van der Waals surface area contributed by atoms with Crippen molar-refractivity contribution >= 4 is 22.6 Å². The Kier molecular flexibility index (Phi) is 6.86. The number of nitrogens with zero attached hydrogens (tertiary/aromatic N) is 4. The standard InChI is InChI=1S/C38H33N5O2/c1-37(2,3)45-36(44)41-38(19-8-20-38)30-16-13-27(14-17-30)34-32(26-10-5-4-6-11-26)24-43-35(40-34)31-22-29(15-18-33(31)42-43)28-12-7-9-25(21-28)23-39/h4-7,9-18,21-22,24H,8,19-20H2,1-3H3,(H,41,44). The predicted molar refractivity (Wildman–Crippen MR) is 176 cm³/mol. The molecule has 6 aromatic rings. The number of aromatic nitrogens is 3. The Morgan fingerprint density at radius 1 is 0.889 bits per heavy atom. The number of carbonyl (C=O) groups excluding carboxylic acids is 1. The normalized spacial score (nSPS) is 14.1. The van der Waals surface area contributed by atoms with Crippen molar-refractivity contribution in [2.45, 2.75) is 51.2 Å². The minimum atomic E-state index is -0.559. The smallest absolute Gasteiger partial charge is 0.408 e. The molecule has 0 aliphatic heterocycles. The van der Waals surface area contributed by atoms with Gasteiger partial charge in [-0.1, -0.05) is 72.8 Å². The molecule has 222 valence electrons. The fourth-order valence-electron chi connectivity index (χ4n) is 6.10. The van der Waals surface area contributed by atoms with E-state index in [2.05, 4.69) is 53.9 Å². The van der Waals surface area contributed by atoms with Crippen LogP contribution in [0.4, 0.5) is 4.79 Å². The number of carbonyl (C=O) groups is 1. The van der Waals surface area contributed by atoms with Crippen LogP contribution in [-0.2, 0) is 10.3 Å². The first-order valence-electron chi connectivity index (χ1n) is 15.2. The number of nitriles is 1. The van der Waals surface area contributed by atoms with Crippen molar-refractivity contribution in [3.05, 3.63) is 114 Å². The van der Waals surface area contributed by atoms with E-state index in [0.29, 0.717) is 5.56 Å². The molecule has 1 aliphatic carbocycles. The number of rotatable bonds is 5. The van der Waals surface area contributed by atoms with Gasteiger partial charge >= 0.3 is 6.09 Å². The molecule has 0 radical (unpaired) electrons. The Balaban J connectivity index is 1.32. The molecule has 7 nitrogen and oxygen atoms in total. The highest BCUT2D eigenvalue weighted by Crippen LogP contribution is 2.42. The third-order valence-corrected chi connectivity index (χ3v) is 8.46. The molecule has 0 bridgehead atoms. The Hall–Kier alpha value is -5.48. The van der Waals surface area contributed by atoms with Gasteiger partial charge in [0, 0.05) is 22.7 Å². The van der Waals surface area contributed by atoms with Gasteiger partial charge in [-0.25, -0.2) is 14.3 Å². The van der Waals surface area contributed by atoms with Crippen LogP contribution in [-0.4, -0.2) is 26.3 Å². The summed E-state index contributed by atoms with van der Waals surface area (Å²) in [5, 5.41) is 18.4. The lowest BCUT2D eigenvalue weighted by atomic mass is 9.71. The molecule has 1 fully saturated rings. The minimum Gasteiger partial charge on any atom is -0.444 e. The van der Waals surface area contributed by atoms with Gasteiger partial charge in [0.2, 0.25) is 0 Å². The molecular formula is C38H33N5O2. The van der Waals surface area contributed by atoms with Crippen LogP contribution in [0.15, 0.2) is 103 Å². The van der Waals surface area contributed by atoms with Gasteiger partial charge in [-0.15, -0.1) is 0 Å². The lowest BCUT2D eigenvalue weighted by Gasteiger charge is -2.43. The molecule has 4 aromatic carbocycles. The van der Waals surface area contributed by atoms with Gasteiger partial charge in [0.15, 0.2) is 5.65 Å². The average Bonchev–Trinajstić information content (AvgIpc) is 3.39. The van der Waals surface area contributed by atoms with Crippen molar-refractivity contribution in [2.75, 3.05) is 0 Å². The lowest BCUT2D eigenvalue weighted by Crippen LogP contribution is -2.52. The van der Waals surface area contributed by atoms with Gasteiger partial charge in [-0.3, -0.25) is 0 Å². The maximum atomic E-state index is 12.7. The second-order valence-corrected chi connectivity index (χ2v) is 12.7. The highest BCUT2D eigenvalue weighted by atomic mass is 16.6. The zero-order valence-corrected chi connectivity index (χ0v) is 25.5. The van der Waals surface area contributed by atoms with E-state index in [0.717, 1.165) is 74.9 Å². The highest BCUT2D eigenvalue weighted by Gasteiger charge is 2.41. The van der Waals surface area contributed by atoms with Crippen molar-refractivity contribution in [1.82, 2.24) is 19.9 Å². The van der Waals surface area contributed by atoms with Crippen LogP contribution >= 0.6 is 0 Å². The van der Waals surface area contributed by atoms with Gasteiger partial charge in [-0.2, -0.15) is 10.4 Å². The molecule has 7 rings (SSSR count). The summed E-state index contributed by atoms with van der Waals surface area (Å²) in [4.78, 5) is 18.0. The van der Waals surface area contributed by atoms with Crippen molar-refractivity contribution in [2.24, 2.45) is 0 Å². The SMILES string of the molecule is CC(C)(C)OC(=O)NC1(c2ccc(-c3nc4c5cc(-c6cccc(C#N)c6)ccc5nn4cc3-c3ccccc3)cc2)CCC1. The number of nitrogens with one attached hydrogen (secondary N) is 1. The van der Waals surface area contributed by atoms with E-state index >= 15 is 0 Å². The first kappa shape index (κ1) is 28.3. The van der Waals surface area contributed by atoms with Crippen LogP contribution in [0.1, 0.15) is 51.2 Å². The third-order valence-electron chi connectivity index (χ3n) is 8.46. The number of alkyl carbamates (subject to hydrolysis) is 1. The Morgan fingerprint density at radius 2 is 1.60 bits per heavy atom. The summed E-state index contributed by atoms with van der Waals surface area (Å²) in [6, 6.07) is 34.6. The van der Waals surface area contributed by atoms with Crippen molar-refractivity contribution < 1.29 is 9.53 Å². The molecule has 1 amide bonds. The van der Waals surface area contributed by atoms with Crippen LogP contribution in [0.5, 0.6) is 0 Å². The monoisotopic (exact) mass is 591 g/mol. The molecule has 2 heterocycles. The maximum Gasteiger partial charge on any atom is 0.408 e. The maximum absolute atomic E-state index is 12.7. The van der Waals surface area contributed by atoms with Gasteiger partial charge in [-0.05, 0) is 86.6 Å². The van der Waals surface area contributed by atoms with E-state index < -0.39 is 17.2 Å². The van der Waals surface area contributed by atoms with E-state index in [1.54, 1.807) is 0 Å². The van der Waals surface area contributed by atoms with E-state index in [9.17, 15) is 10.1 Å². The number of amides is 1. The summed E-state index contributed by atoms with van der Waals surface area (Å²) < 4.78 is 7.44. The molecule has 0 unspecified atom stereocenters. The molecule has 45 heavy (non-hydrogen) atoms. The van der Waals surface area contributed by atoms with Crippen LogP contribution in [0, 0.1) is 11.3 Å². The number of hydrogen-bond acceptors (Lipinski definition) is 5. The first-order chi connectivity index (χ1) is 21.7. The summed E-state index contributed by atoms with van der Waals surface area (Å²) in [6.07, 6.45) is 4.44. The molecule has 0 atom stereocenters. The zero-order valence-electron chi connectivity index (χ0n) is 25.5. The fraction of sp³-hybridized carbons (Fsp3) is 0.211. The average molecular weight is 592 g/mol. The molecule has 0 spiro atoms. The Morgan fingerprint density at radius 3 is 2.29 bits per heavy atom. The van der Waals surface area contributed by atoms with Gasteiger partial charge in [0.05, 0.1) is 28.4 Å². The Labute approximate surface area is 262 Å². The number of benzene rings is 4. The summed E-state index contributed by atoms with van der Waals surface area (Å²) in [6.45, 7) is 5.62. The van der Waals surface area contributed by atoms with Crippen molar-refractivity contribution in [3.63, 3.8) is 0 Å². The molecule has 1 saturated carbocycles. The molecular weight excluding hydrogens is 558 g/mol. The quantitative estimate of drug-likeness (QED) is 0.217. The fourth-order valence-corrected chi connectivity index (χ4v) is 6.10. The second-order valence-electron chi connectivity index (χ2n) is 12.7. The van der Waals surface area contributed by atoms with Gasteiger partial charge in [0.1, 0.15) is 5.60 Å². The van der Waals surface area contributed by atoms with Crippen LogP contribution in [0.3, 0.4) is 0 Å². The predicted octanol–water partition coefficient (Wildman–Crippen LogP) is 8.66. The van der Waals surface area contributed by atoms with Crippen LogP contribution in [0.25, 0.3) is 50.1 Å². The van der Waals surface area contributed by atoms with Crippen LogP contribution < -0.4 is 5.32 Å². The topological polar surface area (TPSA) is 92.3 Å². The molecule has 1 N–H and O–H groups in total. The molecule has 7 heteroatoms. The van der Waals surface area contributed by atoms with Crippen molar-refractivity contribution in [1.29, 1.82) is 5.26 Å². The summed E-state index contributed by atoms with van der Waals surface area (Å²) in [5.74, 6) is 0. The Bertz CT molecular complexity index is 2100. The zero-order chi connectivity index (χ0) is 31.2. The van der Waals surface area contributed by atoms with Crippen LogP contribution in [0.2, 0.25) is 0 Å². The number of ether oxygens (including phenoxy) is 1. The van der Waals surface area contributed by atoms with E-state index in [1.807, 2.05) is 86.1 Å². The van der Waals surface area contributed by atoms with E-state index in [-0.39, 0.29) is 0 Å². The molecule has 1 aliphatic rings. The number of hydrogen-bond donors (Lipinski definition) is 1. The van der Waals surface area contributed by atoms with E-state index in [4.69, 9.17) is 14.8 Å². The third kappa shape index (κ3) is 5.40. The molecule has 2 aromatic heterocycles. The second kappa shape index (κ2) is 10.9. The van der Waals surface area contributed by atoms with E-state index in [1.165, 1.54) is 0 Å². The lowest BCUT2D eigenvalue weighted by molar-refractivity contribution is 0.0377. The van der Waals surface area contributed by atoms with Gasteiger partial charge < -0.3 is 10.1 Å². The van der Waals surface area contributed by atoms with Gasteiger partial charge in [0.25, 0.3) is 0 Å². The summed E-state index contributed by atoms with van der Waals surface area (Å²) >= 11 is 0. The minimum absolute atomic E-state index is 0.393. The summed E-state index contributed by atoms with van der Waals surface area (Å²) in [5.41, 5.74) is 8.09. The first-order valence-corrected chi connectivity index (χ1v) is 15.2. The number of fused-ring (bicyclic) bond motifs is 3. The molecule has 0 saturated heterocycles. The summed E-state index contributed by atoms with van der Waals surface area (Å²) in [7, 11) is 0.